The molecule has 5 heteroatoms. The Kier molecular flexibility index (Phi) is 5.46. The van der Waals surface area contributed by atoms with Crippen molar-refractivity contribution >= 4 is 17.3 Å². The number of hydrogen-bond acceptors (Lipinski definition) is 5. The zero-order chi connectivity index (χ0) is 18.5. The van der Waals surface area contributed by atoms with Crippen LogP contribution >= 0.6 is 0 Å². The lowest BCUT2D eigenvalue weighted by molar-refractivity contribution is 0.867. The Labute approximate surface area is 154 Å². The number of anilines is 3. The molecule has 0 saturated carbocycles. The van der Waals surface area contributed by atoms with Crippen molar-refractivity contribution in [2.45, 2.75) is 40.2 Å². The van der Waals surface area contributed by atoms with E-state index >= 15 is 0 Å². The third kappa shape index (κ3) is 4.36. The van der Waals surface area contributed by atoms with Gasteiger partial charge in [-0.15, -0.1) is 0 Å². The van der Waals surface area contributed by atoms with E-state index in [1.807, 2.05) is 25.1 Å². The molecule has 0 spiro atoms. The maximum Gasteiger partial charge on any atom is 0.136 e. The first-order valence-electron chi connectivity index (χ1n) is 8.88. The number of pyridine rings is 1. The Balaban J connectivity index is 1.82. The van der Waals surface area contributed by atoms with Crippen LogP contribution in [0, 0.1) is 13.8 Å². The predicted molar refractivity (Wildman–Crippen MR) is 107 cm³/mol. The summed E-state index contributed by atoms with van der Waals surface area (Å²) in [5, 5.41) is 6.86. The van der Waals surface area contributed by atoms with E-state index in [1.54, 1.807) is 12.4 Å². The fraction of sp³-hybridized carbons (Fsp3) is 0.286. The van der Waals surface area contributed by atoms with E-state index in [2.05, 4.69) is 64.6 Å². The van der Waals surface area contributed by atoms with Crippen LogP contribution in [-0.2, 0) is 6.54 Å². The van der Waals surface area contributed by atoms with E-state index in [0.29, 0.717) is 12.5 Å². The van der Waals surface area contributed by atoms with Crippen molar-refractivity contribution in [1.29, 1.82) is 0 Å². The molecule has 0 bridgehead atoms. The largest absolute Gasteiger partial charge is 0.366 e. The number of rotatable bonds is 6. The molecule has 5 nitrogen and oxygen atoms in total. The van der Waals surface area contributed by atoms with Gasteiger partial charge in [0, 0.05) is 30.7 Å². The second kappa shape index (κ2) is 7.95. The van der Waals surface area contributed by atoms with Gasteiger partial charge in [0.15, 0.2) is 0 Å². The molecule has 2 N–H and O–H groups in total. The molecule has 0 amide bonds. The molecule has 26 heavy (non-hydrogen) atoms. The molecule has 134 valence electrons. The highest BCUT2D eigenvalue weighted by Crippen LogP contribution is 2.30. The molecule has 2 aromatic heterocycles. The normalized spacial score (nSPS) is 10.8. The fourth-order valence-electron chi connectivity index (χ4n) is 2.89. The topological polar surface area (TPSA) is 62.7 Å². The van der Waals surface area contributed by atoms with Gasteiger partial charge in [-0.05, 0) is 48.6 Å². The van der Waals surface area contributed by atoms with E-state index in [4.69, 9.17) is 0 Å². The van der Waals surface area contributed by atoms with Gasteiger partial charge in [0.1, 0.15) is 17.5 Å². The molecule has 2 heterocycles. The number of aromatic nitrogens is 3. The van der Waals surface area contributed by atoms with Crippen molar-refractivity contribution < 1.29 is 0 Å². The highest BCUT2D eigenvalue weighted by molar-refractivity contribution is 5.67. The van der Waals surface area contributed by atoms with Gasteiger partial charge in [-0.3, -0.25) is 4.98 Å². The number of benzene rings is 1. The monoisotopic (exact) mass is 347 g/mol. The van der Waals surface area contributed by atoms with Crippen LogP contribution in [0.2, 0.25) is 0 Å². The number of nitrogens with one attached hydrogen (secondary N) is 2. The standard InChI is InChI=1S/C21H25N5/c1-14(2)18-7-5-6-15(3)21(18)26-20-12-19(24-16(4)25-20)23-13-17-8-10-22-11-9-17/h5-12,14H,13H2,1-4H3,(H2,23,24,25,26). The Morgan fingerprint density at radius 2 is 1.69 bits per heavy atom. The van der Waals surface area contributed by atoms with Crippen LogP contribution in [-0.4, -0.2) is 15.0 Å². The van der Waals surface area contributed by atoms with E-state index in [9.17, 15) is 0 Å². The lowest BCUT2D eigenvalue weighted by Gasteiger charge is -2.17. The molecule has 0 fully saturated rings. The zero-order valence-electron chi connectivity index (χ0n) is 15.7. The molecule has 0 atom stereocenters. The SMILES string of the molecule is Cc1nc(NCc2ccncc2)cc(Nc2c(C)cccc2C(C)C)n1. The van der Waals surface area contributed by atoms with Crippen LogP contribution in [0.25, 0.3) is 0 Å². The number of para-hydroxylation sites is 1. The van der Waals surface area contributed by atoms with Crippen LogP contribution in [0.4, 0.5) is 17.3 Å². The van der Waals surface area contributed by atoms with E-state index in [1.165, 1.54) is 11.1 Å². The van der Waals surface area contributed by atoms with Gasteiger partial charge in [-0.25, -0.2) is 9.97 Å². The van der Waals surface area contributed by atoms with Gasteiger partial charge in [0.2, 0.25) is 0 Å². The first-order chi connectivity index (χ1) is 12.5. The number of nitrogens with zero attached hydrogens (tertiary/aromatic N) is 3. The molecule has 0 unspecified atom stereocenters. The lowest BCUT2D eigenvalue weighted by Crippen LogP contribution is -2.06. The molecule has 3 rings (SSSR count). The second-order valence-electron chi connectivity index (χ2n) is 6.71. The van der Waals surface area contributed by atoms with Gasteiger partial charge in [0.25, 0.3) is 0 Å². The average molecular weight is 347 g/mol. The fourth-order valence-corrected chi connectivity index (χ4v) is 2.89. The third-order valence-corrected chi connectivity index (χ3v) is 4.24. The quantitative estimate of drug-likeness (QED) is 0.659. The molecule has 0 aliphatic heterocycles. The van der Waals surface area contributed by atoms with Gasteiger partial charge < -0.3 is 10.6 Å². The Morgan fingerprint density at radius 1 is 0.962 bits per heavy atom. The average Bonchev–Trinajstić information content (AvgIpc) is 2.62. The van der Waals surface area contributed by atoms with Crippen LogP contribution in [0.1, 0.15) is 42.3 Å². The number of hydrogen-bond donors (Lipinski definition) is 2. The van der Waals surface area contributed by atoms with Crippen molar-refractivity contribution in [1.82, 2.24) is 15.0 Å². The Hall–Kier alpha value is -2.95. The summed E-state index contributed by atoms with van der Waals surface area (Å²) in [5.74, 6) is 2.76. The molecule has 0 saturated heterocycles. The minimum absolute atomic E-state index is 0.435. The van der Waals surface area contributed by atoms with E-state index < -0.39 is 0 Å². The van der Waals surface area contributed by atoms with Crippen molar-refractivity contribution in [3.8, 4) is 0 Å². The first kappa shape index (κ1) is 17.9. The first-order valence-corrected chi connectivity index (χ1v) is 8.88. The Morgan fingerprint density at radius 3 is 2.42 bits per heavy atom. The maximum atomic E-state index is 4.55. The molecule has 0 radical (unpaired) electrons. The van der Waals surface area contributed by atoms with E-state index in [0.717, 1.165) is 28.7 Å². The minimum Gasteiger partial charge on any atom is -0.366 e. The molecule has 0 aliphatic carbocycles. The van der Waals surface area contributed by atoms with Crippen molar-refractivity contribution in [2.24, 2.45) is 0 Å². The summed E-state index contributed by atoms with van der Waals surface area (Å²) < 4.78 is 0. The summed E-state index contributed by atoms with van der Waals surface area (Å²) in [6.07, 6.45) is 3.59. The van der Waals surface area contributed by atoms with Crippen molar-refractivity contribution in [2.75, 3.05) is 10.6 Å². The second-order valence-corrected chi connectivity index (χ2v) is 6.71. The molecule has 0 aliphatic rings. The molecule has 3 aromatic rings. The minimum atomic E-state index is 0.435. The van der Waals surface area contributed by atoms with Crippen LogP contribution < -0.4 is 10.6 Å². The lowest BCUT2D eigenvalue weighted by atomic mass is 9.98. The third-order valence-electron chi connectivity index (χ3n) is 4.24. The van der Waals surface area contributed by atoms with Crippen LogP contribution in [0.15, 0.2) is 48.8 Å². The Bertz CT molecular complexity index is 875. The highest BCUT2D eigenvalue weighted by atomic mass is 15.1. The molecule has 1 aromatic carbocycles. The summed E-state index contributed by atoms with van der Waals surface area (Å²) in [7, 11) is 0. The summed E-state index contributed by atoms with van der Waals surface area (Å²) in [4.78, 5) is 13.1. The predicted octanol–water partition coefficient (Wildman–Crippen LogP) is 4.97. The summed E-state index contributed by atoms with van der Waals surface area (Å²) in [6.45, 7) is 9.12. The van der Waals surface area contributed by atoms with Crippen molar-refractivity contribution in [3.63, 3.8) is 0 Å². The highest BCUT2D eigenvalue weighted by Gasteiger charge is 2.11. The number of aryl methyl sites for hydroxylation is 2. The maximum absolute atomic E-state index is 4.55. The van der Waals surface area contributed by atoms with Gasteiger partial charge in [-0.2, -0.15) is 0 Å². The zero-order valence-corrected chi connectivity index (χ0v) is 15.7. The smallest absolute Gasteiger partial charge is 0.136 e. The van der Waals surface area contributed by atoms with Crippen molar-refractivity contribution in [3.05, 3.63) is 71.3 Å². The van der Waals surface area contributed by atoms with Crippen LogP contribution in [0.5, 0.6) is 0 Å². The molecular formula is C21H25N5. The summed E-state index contributed by atoms with van der Waals surface area (Å²) in [6, 6.07) is 12.3. The van der Waals surface area contributed by atoms with Gasteiger partial charge >= 0.3 is 0 Å². The molecular weight excluding hydrogens is 322 g/mol. The van der Waals surface area contributed by atoms with E-state index in [-0.39, 0.29) is 0 Å². The summed E-state index contributed by atoms with van der Waals surface area (Å²) in [5.41, 5.74) is 4.78. The van der Waals surface area contributed by atoms with Gasteiger partial charge in [-0.1, -0.05) is 32.0 Å². The van der Waals surface area contributed by atoms with Crippen LogP contribution in [0.3, 0.4) is 0 Å². The summed E-state index contributed by atoms with van der Waals surface area (Å²) >= 11 is 0. The van der Waals surface area contributed by atoms with Gasteiger partial charge in [0.05, 0.1) is 0 Å².